The third kappa shape index (κ3) is 4.24. The van der Waals surface area contributed by atoms with E-state index in [9.17, 15) is 4.79 Å². The Morgan fingerprint density at radius 1 is 1.32 bits per heavy atom. The van der Waals surface area contributed by atoms with Crippen LogP contribution in [0.3, 0.4) is 0 Å². The quantitative estimate of drug-likeness (QED) is 0.784. The summed E-state index contributed by atoms with van der Waals surface area (Å²) in [6, 6.07) is 7.85. The number of aliphatic hydroxyl groups excluding tert-OH is 1. The second-order valence-corrected chi connectivity index (χ2v) is 5.37. The van der Waals surface area contributed by atoms with Gasteiger partial charge in [0.1, 0.15) is 0 Å². The standard InChI is InChI=1S/C15H22N2O2/c1-11-3-2-4-14(9-11)17-15(19)16-13-7-5-12(10-18)6-8-13/h2-4,9,12-13,18H,5-8,10H2,1H3,(H2,16,17,19). The van der Waals surface area contributed by atoms with Crippen LogP contribution in [0.1, 0.15) is 31.2 Å². The second-order valence-electron chi connectivity index (χ2n) is 5.37. The molecule has 0 saturated heterocycles. The first-order chi connectivity index (χ1) is 9.17. The Morgan fingerprint density at radius 2 is 2.05 bits per heavy atom. The number of anilines is 1. The molecule has 0 radical (unpaired) electrons. The zero-order valence-electron chi connectivity index (χ0n) is 11.4. The zero-order chi connectivity index (χ0) is 13.7. The molecule has 1 aliphatic rings. The van der Waals surface area contributed by atoms with Crippen LogP contribution in [-0.2, 0) is 0 Å². The van der Waals surface area contributed by atoms with Gasteiger partial charge in [0.15, 0.2) is 0 Å². The molecule has 1 saturated carbocycles. The molecule has 1 fully saturated rings. The third-order valence-corrected chi connectivity index (χ3v) is 3.72. The number of benzene rings is 1. The highest BCUT2D eigenvalue weighted by molar-refractivity contribution is 5.89. The van der Waals surface area contributed by atoms with Crippen molar-refractivity contribution in [3.63, 3.8) is 0 Å². The van der Waals surface area contributed by atoms with Crippen LogP contribution in [0.5, 0.6) is 0 Å². The Morgan fingerprint density at radius 3 is 2.68 bits per heavy atom. The van der Waals surface area contributed by atoms with E-state index in [1.54, 1.807) is 0 Å². The zero-order valence-corrected chi connectivity index (χ0v) is 11.4. The molecule has 1 aromatic rings. The van der Waals surface area contributed by atoms with Gasteiger partial charge in [-0.25, -0.2) is 4.79 Å². The molecular formula is C15H22N2O2. The second kappa shape index (κ2) is 6.57. The van der Waals surface area contributed by atoms with Gasteiger partial charge in [-0.05, 0) is 56.2 Å². The Kier molecular flexibility index (Phi) is 4.80. The predicted octanol–water partition coefficient (Wildman–Crippen LogP) is 2.67. The summed E-state index contributed by atoms with van der Waals surface area (Å²) in [6.07, 6.45) is 3.89. The van der Waals surface area contributed by atoms with E-state index in [1.807, 2.05) is 31.2 Å². The lowest BCUT2D eigenvalue weighted by atomic mass is 9.87. The minimum atomic E-state index is -0.141. The number of carbonyl (C=O) groups is 1. The van der Waals surface area contributed by atoms with Crippen molar-refractivity contribution >= 4 is 11.7 Å². The minimum absolute atomic E-state index is 0.141. The number of rotatable bonds is 3. The van der Waals surface area contributed by atoms with E-state index < -0.39 is 0 Å². The van der Waals surface area contributed by atoms with Gasteiger partial charge in [-0.1, -0.05) is 12.1 Å². The van der Waals surface area contributed by atoms with E-state index in [0.29, 0.717) is 5.92 Å². The van der Waals surface area contributed by atoms with Crippen molar-refractivity contribution in [2.45, 2.75) is 38.6 Å². The summed E-state index contributed by atoms with van der Waals surface area (Å²) in [4.78, 5) is 11.9. The van der Waals surface area contributed by atoms with Crippen LogP contribution in [0.2, 0.25) is 0 Å². The van der Waals surface area contributed by atoms with Gasteiger partial charge in [0.2, 0.25) is 0 Å². The maximum absolute atomic E-state index is 11.9. The van der Waals surface area contributed by atoms with E-state index in [2.05, 4.69) is 10.6 Å². The van der Waals surface area contributed by atoms with Gasteiger partial charge in [-0.15, -0.1) is 0 Å². The van der Waals surface area contributed by atoms with E-state index in [1.165, 1.54) is 0 Å². The van der Waals surface area contributed by atoms with Crippen LogP contribution in [0, 0.1) is 12.8 Å². The average Bonchev–Trinajstić information content (AvgIpc) is 2.39. The highest BCUT2D eigenvalue weighted by atomic mass is 16.3. The van der Waals surface area contributed by atoms with Gasteiger partial charge in [0.25, 0.3) is 0 Å². The summed E-state index contributed by atoms with van der Waals surface area (Å²) in [5.74, 6) is 0.415. The van der Waals surface area contributed by atoms with E-state index >= 15 is 0 Å². The fourth-order valence-corrected chi connectivity index (χ4v) is 2.56. The maximum Gasteiger partial charge on any atom is 0.319 e. The molecule has 3 N–H and O–H groups in total. The summed E-state index contributed by atoms with van der Waals surface area (Å²) in [6.45, 7) is 2.27. The Labute approximate surface area is 114 Å². The van der Waals surface area contributed by atoms with Crippen molar-refractivity contribution in [1.82, 2.24) is 5.32 Å². The molecular weight excluding hydrogens is 240 g/mol. The predicted molar refractivity (Wildman–Crippen MR) is 76.2 cm³/mol. The number of aryl methyl sites for hydroxylation is 1. The van der Waals surface area contributed by atoms with E-state index in [4.69, 9.17) is 5.11 Å². The Balaban J connectivity index is 1.79. The molecule has 0 atom stereocenters. The molecule has 104 valence electrons. The SMILES string of the molecule is Cc1cccc(NC(=O)NC2CCC(CO)CC2)c1. The first-order valence-electron chi connectivity index (χ1n) is 6.92. The number of nitrogens with one attached hydrogen (secondary N) is 2. The monoisotopic (exact) mass is 262 g/mol. The fraction of sp³-hybridized carbons (Fsp3) is 0.533. The molecule has 4 heteroatoms. The summed E-state index contributed by atoms with van der Waals surface area (Å²) in [5, 5.41) is 14.9. The van der Waals surface area contributed by atoms with Gasteiger partial charge in [0, 0.05) is 18.3 Å². The topological polar surface area (TPSA) is 61.4 Å². The number of carbonyl (C=O) groups excluding carboxylic acids is 1. The summed E-state index contributed by atoms with van der Waals surface area (Å²) >= 11 is 0. The van der Waals surface area contributed by atoms with Crippen molar-refractivity contribution in [2.24, 2.45) is 5.92 Å². The first kappa shape index (κ1) is 13.9. The summed E-state index contributed by atoms with van der Waals surface area (Å²) in [5.41, 5.74) is 1.95. The smallest absolute Gasteiger partial charge is 0.319 e. The van der Waals surface area contributed by atoms with Crippen LogP contribution in [0.25, 0.3) is 0 Å². The first-order valence-corrected chi connectivity index (χ1v) is 6.92. The average molecular weight is 262 g/mol. The maximum atomic E-state index is 11.9. The van der Waals surface area contributed by atoms with Gasteiger partial charge in [-0.3, -0.25) is 0 Å². The van der Waals surface area contributed by atoms with Gasteiger partial charge in [0.05, 0.1) is 0 Å². The number of aliphatic hydroxyl groups is 1. The van der Waals surface area contributed by atoms with Crippen molar-refractivity contribution in [3.8, 4) is 0 Å². The normalized spacial score (nSPS) is 22.8. The molecule has 0 heterocycles. The van der Waals surface area contributed by atoms with Crippen molar-refractivity contribution in [3.05, 3.63) is 29.8 Å². The number of hydrogen-bond acceptors (Lipinski definition) is 2. The third-order valence-electron chi connectivity index (χ3n) is 3.72. The lowest BCUT2D eigenvalue weighted by Crippen LogP contribution is -2.40. The van der Waals surface area contributed by atoms with E-state index in [0.717, 1.165) is 36.9 Å². The fourth-order valence-electron chi connectivity index (χ4n) is 2.56. The Hall–Kier alpha value is -1.55. The molecule has 2 rings (SSSR count). The molecule has 0 bridgehead atoms. The molecule has 4 nitrogen and oxygen atoms in total. The number of hydrogen-bond donors (Lipinski definition) is 3. The lowest BCUT2D eigenvalue weighted by Gasteiger charge is -2.27. The Bertz CT molecular complexity index is 426. The van der Waals surface area contributed by atoms with Crippen LogP contribution in [0.15, 0.2) is 24.3 Å². The number of urea groups is 1. The largest absolute Gasteiger partial charge is 0.396 e. The van der Waals surface area contributed by atoms with E-state index in [-0.39, 0.29) is 18.7 Å². The van der Waals surface area contributed by atoms with Crippen molar-refractivity contribution in [2.75, 3.05) is 11.9 Å². The molecule has 0 spiro atoms. The summed E-state index contributed by atoms with van der Waals surface area (Å²) in [7, 11) is 0. The molecule has 0 aromatic heterocycles. The summed E-state index contributed by atoms with van der Waals surface area (Å²) < 4.78 is 0. The molecule has 0 unspecified atom stereocenters. The van der Waals surface area contributed by atoms with Gasteiger partial charge >= 0.3 is 6.03 Å². The van der Waals surface area contributed by atoms with Crippen molar-refractivity contribution < 1.29 is 9.90 Å². The molecule has 19 heavy (non-hydrogen) atoms. The van der Waals surface area contributed by atoms with Crippen LogP contribution < -0.4 is 10.6 Å². The lowest BCUT2D eigenvalue weighted by molar-refractivity contribution is 0.176. The van der Waals surface area contributed by atoms with Gasteiger partial charge in [-0.2, -0.15) is 0 Å². The minimum Gasteiger partial charge on any atom is -0.396 e. The molecule has 0 aliphatic heterocycles. The van der Waals surface area contributed by atoms with Crippen LogP contribution in [-0.4, -0.2) is 23.8 Å². The highest BCUT2D eigenvalue weighted by Crippen LogP contribution is 2.23. The highest BCUT2D eigenvalue weighted by Gasteiger charge is 2.21. The van der Waals surface area contributed by atoms with Crippen molar-refractivity contribution in [1.29, 1.82) is 0 Å². The van der Waals surface area contributed by atoms with Crippen LogP contribution in [0.4, 0.5) is 10.5 Å². The molecule has 2 amide bonds. The molecule has 1 aromatic carbocycles. The van der Waals surface area contributed by atoms with Gasteiger partial charge < -0.3 is 15.7 Å². The molecule has 1 aliphatic carbocycles. The van der Waals surface area contributed by atoms with Crippen LogP contribution >= 0.6 is 0 Å². The number of amides is 2.